The summed E-state index contributed by atoms with van der Waals surface area (Å²) in [6.45, 7) is 7.22. The molecule has 0 aromatic carbocycles. The fraction of sp³-hybridized carbons (Fsp3) is 0.833. The first-order valence-electron chi connectivity index (χ1n) is 6.37. The van der Waals surface area contributed by atoms with Gasteiger partial charge in [0.1, 0.15) is 5.82 Å². The number of aliphatic hydroxyl groups is 1. The summed E-state index contributed by atoms with van der Waals surface area (Å²) in [5.41, 5.74) is -0.198. The van der Waals surface area contributed by atoms with Crippen LogP contribution in [0.2, 0.25) is 0 Å². The van der Waals surface area contributed by atoms with Crippen LogP contribution in [0.3, 0.4) is 0 Å². The molecule has 0 aliphatic carbocycles. The monoisotopic (exact) mass is 272 g/mol. The van der Waals surface area contributed by atoms with Crippen LogP contribution >= 0.6 is 11.8 Å². The standard InChI is InChI=1S/C12H24N4OS/c1-5-7-13-12(3,9-17)6-8-18-11-15-14-10(2)16(11)4/h13,17H,5-9H2,1-4H3. The van der Waals surface area contributed by atoms with Gasteiger partial charge < -0.3 is 15.0 Å². The van der Waals surface area contributed by atoms with Crippen LogP contribution in [0.5, 0.6) is 0 Å². The summed E-state index contributed by atoms with van der Waals surface area (Å²) in [5, 5.41) is 21.9. The van der Waals surface area contributed by atoms with E-state index in [1.54, 1.807) is 11.8 Å². The smallest absolute Gasteiger partial charge is 0.190 e. The van der Waals surface area contributed by atoms with Crippen molar-refractivity contribution in [2.24, 2.45) is 7.05 Å². The van der Waals surface area contributed by atoms with Crippen LogP contribution in [-0.4, -0.2) is 44.3 Å². The summed E-state index contributed by atoms with van der Waals surface area (Å²) in [6.07, 6.45) is 1.98. The normalized spacial score (nSPS) is 14.7. The summed E-state index contributed by atoms with van der Waals surface area (Å²) >= 11 is 1.68. The third-order valence-electron chi connectivity index (χ3n) is 3.09. The average molecular weight is 272 g/mol. The third-order valence-corrected chi connectivity index (χ3v) is 4.11. The summed E-state index contributed by atoms with van der Waals surface area (Å²) in [4.78, 5) is 0. The van der Waals surface area contributed by atoms with Gasteiger partial charge in [0, 0.05) is 18.3 Å². The Labute approximate surface area is 113 Å². The third kappa shape index (κ3) is 4.26. The first-order chi connectivity index (χ1) is 8.52. The van der Waals surface area contributed by atoms with Gasteiger partial charge in [-0.2, -0.15) is 0 Å². The van der Waals surface area contributed by atoms with Gasteiger partial charge >= 0.3 is 0 Å². The quantitative estimate of drug-likeness (QED) is 0.700. The van der Waals surface area contributed by atoms with Crippen molar-refractivity contribution >= 4 is 11.8 Å². The number of thioether (sulfide) groups is 1. The van der Waals surface area contributed by atoms with Crippen LogP contribution in [0.25, 0.3) is 0 Å². The van der Waals surface area contributed by atoms with Crippen LogP contribution in [0.1, 0.15) is 32.5 Å². The highest BCUT2D eigenvalue weighted by atomic mass is 32.2. The predicted octanol–water partition coefficient (Wildman–Crippen LogP) is 1.36. The Morgan fingerprint density at radius 1 is 1.44 bits per heavy atom. The van der Waals surface area contributed by atoms with E-state index >= 15 is 0 Å². The van der Waals surface area contributed by atoms with Gasteiger partial charge in [0.15, 0.2) is 5.16 Å². The highest BCUT2D eigenvalue weighted by Gasteiger charge is 2.22. The van der Waals surface area contributed by atoms with Gasteiger partial charge in [0.25, 0.3) is 0 Å². The van der Waals surface area contributed by atoms with Gasteiger partial charge in [-0.25, -0.2) is 0 Å². The van der Waals surface area contributed by atoms with E-state index in [1.807, 2.05) is 18.5 Å². The number of nitrogens with one attached hydrogen (secondary N) is 1. The van der Waals surface area contributed by atoms with Crippen LogP contribution in [-0.2, 0) is 7.05 Å². The van der Waals surface area contributed by atoms with Crippen molar-refractivity contribution in [1.82, 2.24) is 20.1 Å². The highest BCUT2D eigenvalue weighted by molar-refractivity contribution is 7.99. The number of aromatic nitrogens is 3. The number of hydrogen-bond donors (Lipinski definition) is 2. The molecule has 1 atom stereocenters. The lowest BCUT2D eigenvalue weighted by Crippen LogP contribution is -2.46. The van der Waals surface area contributed by atoms with E-state index in [0.717, 1.165) is 36.1 Å². The van der Waals surface area contributed by atoms with Crippen molar-refractivity contribution in [3.05, 3.63) is 5.82 Å². The highest BCUT2D eigenvalue weighted by Crippen LogP contribution is 2.20. The second-order valence-corrected chi connectivity index (χ2v) is 5.89. The molecule has 104 valence electrons. The first kappa shape index (κ1) is 15.5. The zero-order valence-corrected chi connectivity index (χ0v) is 12.5. The van der Waals surface area contributed by atoms with Crippen molar-refractivity contribution in [2.75, 3.05) is 18.9 Å². The van der Waals surface area contributed by atoms with E-state index in [9.17, 15) is 5.11 Å². The predicted molar refractivity (Wildman–Crippen MR) is 74.9 cm³/mol. The Bertz CT molecular complexity index is 369. The zero-order valence-electron chi connectivity index (χ0n) is 11.7. The van der Waals surface area contributed by atoms with E-state index in [2.05, 4.69) is 29.4 Å². The molecule has 0 spiro atoms. The molecule has 0 radical (unpaired) electrons. The number of hydrogen-bond acceptors (Lipinski definition) is 5. The number of aryl methyl sites for hydroxylation is 1. The molecule has 0 aliphatic heterocycles. The molecule has 18 heavy (non-hydrogen) atoms. The van der Waals surface area contributed by atoms with E-state index in [-0.39, 0.29) is 12.1 Å². The average Bonchev–Trinajstić information content (AvgIpc) is 2.68. The molecule has 1 unspecified atom stereocenters. The van der Waals surface area contributed by atoms with E-state index in [1.165, 1.54) is 0 Å². The first-order valence-corrected chi connectivity index (χ1v) is 7.35. The molecule has 1 aromatic heterocycles. The molecular formula is C12H24N4OS. The number of aliphatic hydroxyl groups excluding tert-OH is 1. The molecule has 0 saturated carbocycles. The Hall–Kier alpha value is -0.590. The summed E-state index contributed by atoms with van der Waals surface area (Å²) < 4.78 is 1.99. The molecule has 0 saturated heterocycles. The molecule has 0 fully saturated rings. The van der Waals surface area contributed by atoms with Gasteiger partial charge in [-0.15, -0.1) is 10.2 Å². The Morgan fingerprint density at radius 2 is 2.17 bits per heavy atom. The molecule has 2 N–H and O–H groups in total. The molecule has 1 heterocycles. The molecule has 0 amide bonds. The summed E-state index contributed by atoms with van der Waals surface area (Å²) in [5.74, 6) is 1.84. The van der Waals surface area contributed by atoms with Gasteiger partial charge in [-0.3, -0.25) is 0 Å². The van der Waals surface area contributed by atoms with Crippen molar-refractivity contribution in [2.45, 2.75) is 44.3 Å². The van der Waals surface area contributed by atoms with Crippen LogP contribution in [0.15, 0.2) is 5.16 Å². The van der Waals surface area contributed by atoms with E-state index in [0.29, 0.717) is 0 Å². The van der Waals surface area contributed by atoms with Crippen molar-refractivity contribution < 1.29 is 5.11 Å². The summed E-state index contributed by atoms with van der Waals surface area (Å²) in [6, 6.07) is 0. The second-order valence-electron chi connectivity index (χ2n) is 4.83. The summed E-state index contributed by atoms with van der Waals surface area (Å²) in [7, 11) is 1.97. The maximum absolute atomic E-state index is 9.46. The van der Waals surface area contributed by atoms with Crippen molar-refractivity contribution in [3.8, 4) is 0 Å². The zero-order chi connectivity index (χ0) is 13.6. The fourth-order valence-corrected chi connectivity index (χ4v) is 2.69. The van der Waals surface area contributed by atoms with E-state index < -0.39 is 0 Å². The van der Waals surface area contributed by atoms with Crippen molar-refractivity contribution in [3.63, 3.8) is 0 Å². The Kier molecular flexibility index (Phi) is 6.11. The fourth-order valence-electron chi connectivity index (χ4n) is 1.53. The number of nitrogens with zero attached hydrogens (tertiary/aromatic N) is 3. The van der Waals surface area contributed by atoms with Crippen LogP contribution in [0, 0.1) is 6.92 Å². The topological polar surface area (TPSA) is 63.0 Å². The Balaban J connectivity index is 2.42. The maximum Gasteiger partial charge on any atom is 0.190 e. The lowest BCUT2D eigenvalue weighted by atomic mass is 10.0. The minimum Gasteiger partial charge on any atom is -0.394 e. The molecular weight excluding hydrogens is 248 g/mol. The van der Waals surface area contributed by atoms with Gasteiger partial charge in [0.2, 0.25) is 0 Å². The maximum atomic E-state index is 9.46. The van der Waals surface area contributed by atoms with E-state index in [4.69, 9.17) is 0 Å². The molecule has 1 aromatic rings. The Morgan fingerprint density at radius 3 is 2.67 bits per heavy atom. The van der Waals surface area contributed by atoms with Crippen LogP contribution in [0.4, 0.5) is 0 Å². The lowest BCUT2D eigenvalue weighted by Gasteiger charge is -2.28. The molecule has 6 heteroatoms. The molecule has 1 rings (SSSR count). The lowest BCUT2D eigenvalue weighted by molar-refractivity contribution is 0.171. The number of rotatable bonds is 8. The largest absolute Gasteiger partial charge is 0.394 e. The molecule has 0 bridgehead atoms. The molecule has 5 nitrogen and oxygen atoms in total. The second kappa shape index (κ2) is 7.11. The minimum absolute atomic E-state index is 0.158. The molecule has 0 aliphatic rings. The van der Waals surface area contributed by atoms with Gasteiger partial charge in [-0.05, 0) is 33.2 Å². The van der Waals surface area contributed by atoms with Gasteiger partial charge in [0.05, 0.1) is 6.61 Å². The van der Waals surface area contributed by atoms with Crippen molar-refractivity contribution in [1.29, 1.82) is 0 Å². The SMILES string of the molecule is CCCNC(C)(CO)CCSc1nnc(C)n1C. The minimum atomic E-state index is -0.198. The van der Waals surface area contributed by atoms with Crippen LogP contribution < -0.4 is 5.32 Å². The van der Waals surface area contributed by atoms with Gasteiger partial charge in [-0.1, -0.05) is 18.7 Å².